The minimum atomic E-state index is -0.462. The van der Waals surface area contributed by atoms with Crippen molar-refractivity contribution >= 4 is 22.6 Å². The van der Waals surface area contributed by atoms with E-state index < -0.39 is 6.10 Å². The zero-order valence-corrected chi connectivity index (χ0v) is 14.9. The van der Waals surface area contributed by atoms with Gasteiger partial charge in [-0.2, -0.15) is 0 Å². The van der Waals surface area contributed by atoms with Crippen molar-refractivity contribution in [3.63, 3.8) is 0 Å². The van der Waals surface area contributed by atoms with Gasteiger partial charge in [0, 0.05) is 25.0 Å². The van der Waals surface area contributed by atoms with Crippen molar-refractivity contribution in [3.05, 3.63) is 30.5 Å². The Hall–Kier alpha value is -2.05. The van der Waals surface area contributed by atoms with Gasteiger partial charge < -0.3 is 24.6 Å². The van der Waals surface area contributed by atoms with E-state index in [2.05, 4.69) is 29.1 Å². The van der Waals surface area contributed by atoms with E-state index in [1.807, 2.05) is 18.2 Å². The van der Waals surface area contributed by atoms with E-state index >= 15 is 0 Å². The molecule has 1 aromatic carbocycles. The third-order valence-electron chi connectivity index (χ3n) is 4.59. The maximum atomic E-state index is 12.7. The van der Waals surface area contributed by atoms with Crippen molar-refractivity contribution in [1.82, 2.24) is 9.47 Å². The first kappa shape index (κ1) is 17.8. The van der Waals surface area contributed by atoms with Gasteiger partial charge in [-0.3, -0.25) is 0 Å². The number of benzene rings is 1. The number of aryl methyl sites for hydroxylation is 1. The standard InChI is InChI=1S/C19H27N3O3/c1-3-7-21-8-6-15-4-5-16(12-18(15)21)20-19(24)22-9-10-25-13-17(22)11-14(2)23/h4-6,8,12,14,17,23H,3,7,9-11,13H2,1-2H3,(H,20,24)/t14-,17+/m1/s1. The van der Waals surface area contributed by atoms with Crippen molar-refractivity contribution in [3.8, 4) is 0 Å². The number of morpholine rings is 1. The number of hydrogen-bond donors (Lipinski definition) is 2. The maximum Gasteiger partial charge on any atom is 0.322 e. The fraction of sp³-hybridized carbons (Fsp3) is 0.526. The number of aromatic nitrogens is 1. The second-order valence-electron chi connectivity index (χ2n) is 6.72. The molecule has 1 aliphatic rings. The first-order valence-corrected chi connectivity index (χ1v) is 9.00. The second-order valence-corrected chi connectivity index (χ2v) is 6.72. The molecule has 1 aliphatic heterocycles. The smallest absolute Gasteiger partial charge is 0.322 e. The molecule has 3 rings (SSSR count). The van der Waals surface area contributed by atoms with E-state index in [9.17, 15) is 9.90 Å². The van der Waals surface area contributed by atoms with Gasteiger partial charge >= 0.3 is 6.03 Å². The number of aliphatic hydroxyl groups excluding tert-OH is 1. The molecule has 2 atom stereocenters. The van der Waals surface area contributed by atoms with E-state index in [1.165, 1.54) is 5.39 Å². The highest BCUT2D eigenvalue weighted by molar-refractivity contribution is 5.93. The maximum absolute atomic E-state index is 12.7. The van der Waals surface area contributed by atoms with Crippen LogP contribution in [0.15, 0.2) is 30.5 Å². The van der Waals surface area contributed by atoms with Crippen LogP contribution in [-0.4, -0.2) is 52.5 Å². The Bertz CT molecular complexity index is 726. The van der Waals surface area contributed by atoms with Gasteiger partial charge in [-0.25, -0.2) is 4.79 Å². The summed E-state index contributed by atoms with van der Waals surface area (Å²) >= 11 is 0. The van der Waals surface area contributed by atoms with Crippen LogP contribution in [0.2, 0.25) is 0 Å². The van der Waals surface area contributed by atoms with Crippen molar-refractivity contribution in [2.75, 3.05) is 25.1 Å². The molecule has 0 radical (unpaired) electrons. The summed E-state index contributed by atoms with van der Waals surface area (Å²) in [4.78, 5) is 14.5. The normalized spacial score (nSPS) is 19.2. The van der Waals surface area contributed by atoms with Gasteiger partial charge in [0.15, 0.2) is 0 Å². The van der Waals surface area contributed by atoms with Gasteiger partial charge in [-0.05, 0) is 43.4 Å². The number of hydrogen-bond acceptors (Lipinski definition) is 3. The molecule has 6 heteroatoms. The number of ether oxygens (including phenoxy) is 1. The fourth-order valence-corrected chi connectivity index (χ4v) is 3.40. The molecule has 6 nitrogen and oxygen atoms in total. The Morgan fingerprint density at radius 3 is 3.04 bits per heavy atom. The van der Waals surface area contributed by atoms with Crippen LogP contribution in [-0.2, 0) is 11.3 Å². The Morgan fingerprint density at radius 2 is 2.28 bits per heavy atom. The third-order valence-corrected chi connectivity index (χ3v) is 4.59. The number of aliphatic hydroxyl groups is 1. The minimum Gasteiger partial charge on any atom is -0.393 e. The van der Waals surface area contributed by atoms with Gasteiger partial charge in [-0.15, -0.1) is 0 Å². The number of nitrogens with zero attached hydrogens (tertiary/aromatic N) is 2. The molecule has 2 aromatic rings. The summed E-state index contributed by atoms with van der Waals surface area (Å²) < 4.78 is 7.67. The van der Waals surface area contributed by atoms with E-state index in [0.29, 0.717) is 26.2 Å². The molecule has 2 amide bonds. The lowest BCUT2D eigenvalue weighted by Crippen LogP contribution is -2.51. The zero-order valence-electron chi connectivity index (χ0n) is 14.9. The first-order chi connectivity index (χ1) is 12.1. The molecule has 0 aliphatic carbocycles. The summed E-state index contributed by atoms with van der Waals surface area (Å²) in [5, 5.41) is 13.8. The molecule has 136 valence electrons. The van der Waals surface area contributed by atoms with Gasteiger partial charge in [0.1, 0.15) is 0 Å². The van der Waals surface area contributed by atoms with E-state index in [4.69, 9.17) is 4.74 Å². The molecule has 0 spiro atoms. The molecule has 1 fully saturated rings. The molecule has 0 unspecified atom stereocenters. The van der Waals surface area contributed by atoms with Crippen LogP contribution in [0, 0.1) is 0 Å². The largest absolute Gasteiger partial charge is 0.393 e. The summed E-state index contributed by atoms with van der Waals surface area (Å²) in [7, 11) is 0. The number of amides is 2. The molecule has 25 heavy (non-hydrogen) atoms. The molecule has 0 bridgehead atoms. The topological polar surface area (TPSA) is 66.7 Å². The van der Waals surface area contributed by atoms with Gasteiger partial charge in [0.05, 0.1) is 30.9 Å². The number of nitrogens with one attached hydrogen (secondary N) is 1. The van der Waals surface area contributed by atoms with Crippen molar-refractivity contribution < 1.29 is 14.6 Å². The molecule has 1 saturated heterocycles. The van der Waals surface area contributed by atoms with E-state index in [-0.39, 0.29) is 12.1 Å². The molecular weight excluding hydrogens is 318 g/mol. The van der Waals surface area contributed by atoms with Gasteiger partial charge in [0.25, 0.3) is 0 Å². The summed E-state index contributed by atoms with van der Waals surface area (Å²) in [5.41, 5.74) is 1.91. The number of carbonyl (C=O) groups is 1. The number of anilines is 1. The summed E-state index contributed by atoms with van der Waals surface area (Å²) in [5.74, 6) is 0. The average Bonchev–Trinajstić information content (AvgIpc) is 2.97. The summed E-state index contributed by atoms with van der Waals surface area (Å²) in [6.07, 6.45) is 3.21. The highest BCUT2D eigenvalue weighted by Crippen LogP contribution is 2.22. The quantitative estimate of drug-likeness (QED) is 0.875. The van der Waals surface area contributed by atoms with Crippen LogP contribution in [0.4, 0.5) is 10.5 Å². The average molecular weight is 345 g/mol. The number of rotatable bonds is 5. The fourth-order valence-electron chi connectivity index (χ4n) is 3.40. The molecule has 2 heterocycles. The third kappa shape index (κ3) is 4.14. The van der Waals surface area contributed by atoms with Crippen LogP contribution in [0.5, 0.6) is 0 Å². The number of carbonyl (C=O) groups excluding carboxylic acids is 1. The number of urea groups is 1. The Morgan fingerprint density at radius 1 is 1.44 bits per heavy atom. The van der Waals surface area contributed by atoms with Crippen molar-refractivity contribution in [2.24, 2.45) is 0 Å². The lowest BCUT2D eigenvalue weighted by atomic mass is 10.1. The van der Waals surface area contributed by atoms with Gasteiger partial charge in [0.2, 0.25) is 0 Å². The van der Waals surface area contributed by atoms with E-state index in [1.54, 1.807) is 11.8 Å². The minimum absolute atomic E-state index is 0.0959. The molecular formula is C19H27N3O3. The molecule has 0 saturated carbocycles. The van der Waals surface area contributed by atoms with Crippen LogP contribution in [0.25, 0.3) is 10.9 Å². The summed E-state index contributed by atoms with van der Waals surface area (Å²) in [6, 6.07) is 7.84. The summed E-state index contributed by atoms with van der Waals surface area (Å²) in [6.45, 7) is 6.38. The van der Waals surface area contributed by atoms with Crippen LogP contribution in [0.3, 0.4) is 0 Å². The predicted molar refractivity (Wildman–Crippen MR) is 98.9 cm³/mol. The Kier molecular flexibility index (Phi) is 5.60. The van der Waals surface area contributed by atoms with E-state index in [0.717, 1.165) is 24.2 Å². The molecule has 1 aromatic heterocycles. The Balaban J connectivity index is 1.75. The first-order valence-electron chi connectivity index (χ1n) is 9.00. The lowest BCUT2D eigenvalue weighted by Gasteiger charge is -2.36. The van der Waals surface area contributed by atoms with Crippen LogP contribution in [0.1, 0.15) is 26.7 Å². The zero-order chi connectivity index (χ0) is 17.8. The second kappa shape index (κ2) is 7.89. The predicted octanol–water partition coefficient (Wildman–Crippen LogP) is 3.05. The Labute approximate surface area is 148 Å². The lowest BCUT2D eigenvalue weighted by molar-refractivity contribution is -0.00160. The molecule has 2 N–H and O–H groups in total. The van der Waals surface area contributed by atoms with Crippen LogP contribution >= 0.6 is 0 Å². The SMILES string of the molecule is CCCn1ccc2ccc(NC(=O)N3CCOC[C@@H]3C[C@@H](C)O)cc21. The van der Waals surface area contributed by atoms with Crippen molar-refractivity contribution in [2.45, 2.75) is 45.4 Å². The van der Waals surface area contributed by atoms with Gasteiger partial charge in [-0.1, -0.05) is 13.0 Å². The number of fused-ring (bicyclic) bond motifs is 1. The van der Waals surface area contributed by atoms with Crippen molar-refractivity contribution in [1.29, 1.82) is 0 Å². The monoisotopic (exact) mass is 345 g/mol. The highest BCUT2D eigenvalue weighted by atomic mass is 16.5. The highest BCUT2D eigenvalue weighted by Gasteiger charge is 2.28. The van der Waals surface area contributed by atoms with Crippen LogP contribution < -0.4 is 5.32 Å².